The lowest BCUT2D eigenvalue weighted by Gasteiger charge is -2.10. The summed E-state index contributed by atoms with van der Waals surface area (Å²) in [5.74, 6) is -0.377. The topological polar surface area (TPSA) is 97.2 Å². The van der Waals surface area contributed by atoms with Crippen LogP contribution in [0.2, 0.25) is 0 Å². The zero-order valence-electron chi connectivity index (χ0n) is 12.5. The number of aromatic nitrogens is 1. The molecule has 0 saturated carbocycles. The molecule has 7 nitrogen and oxygen atoms in total. The Balaban J connectivity index is 2.27. The Morgan fingerprint density at radius 1 is 1.41 bits per heavy atom. The number of nitrogens with zero attached hydrogens (tertiary/aromatic N) is 2. The zero-order chi connectivity index (χ0) is 16.3. The standard InChI is InChI=1S/C14H16N4O3S/c1-8-13(17-9(2)22-8)7-16-12-5-4-10(18(20)21)6-11(12)14(19)15-3/h4-6,16H,7H2,1-3H3,(H,15,19). The molecule has 0 radical (unpaired) electrons. The fourth-order valence-electron chi connectivity index (χ4n) is 2.04. The molecular weight excluding hydrogens is 304 g/mol. The molecule has 1 aromatic carbocycles. The van der Waals surface area contributed by atoms with Crippen molar-refractivity contribution in [2.24, 2.45) is 0 Å². The van der Waals surface area contributed by atoms with Crippen molar-refractivity contribution in [3.05, 3.63) is 49.5 Å². The fraction of sp³-hybridized carbons (Fsp3) is 0.286. The number of amides is 1. The minimum atomic E-state index is -0.524. The average Bonchev–Trinajstić information content (AvgIpc) is 2.81. The second-order valence-electron chi connectivity index (χ2n) is 4.66. The van der Waals surface area contributed by atoms with E-state index in [1.54, 1.807) is 11.3 Å². The molecule has 0 bridgehead atoms. The second kappa shape index (κ2) is 6.52. The summed E-state index contributed by atoms with van der Waals surface area (Å²) in [6.45, 7) is 4.37. The molecular formula is C14H16N4O3S. The van der Waals surface area contributed by atoms with Gasteiger partial charge in [-0.25, -0.2) is 4.98 Å². The van der Waals surface area contributed by atoms with E-state index in [1.165, 1.54) is 25.2 Å². The highest BCUT2D eigenvalue weighted by molar-refractivity contribution is 7.11. The number of anilines is 1. The Bertz CT molecular complexity index is 727. The van der Waals surface area contributed by atoms with Crippen molar-refractivity contribution in [2.75, 3.05) is 12.4 Å². The Hall–Kier alpha value is -2.48. The summed E-state index contributed by atoms with van der Waals surface area (Å²) < 4.78 is 0. The van der Waals surface area contributed by atoms with E-state index in [-0.39, 0.29) is 17.2 Å². The fourth-order valence-corrected chi connectivity index (χ4v) is 2.87. The molecule has 1 aromatic heterocycles. The Morgan fingerprint density at radius 2 is 2.14 bits per heavy atom. The van der Waals surface area contributed by atoms with Crippen molar-refractivity contribution in [1.82, 2.24) is 10.3 Å². The first-order valence-electron chi connectivity index (χ1n) is 6.59. The predicted octanol–water partition coefficient (Wildman–Crippen LogP) is 2.64. The number of hydrogen-bond donors (Lipinski definition) is 2. The summed E-state index contributed by atoms with van der Waals surface area (Å²) >= 11 is 1.61. The molecule has 22 heavy (non-hydrogen) atoms. The van der Waals surface area contributed by atoms with Crippen LogP contribution in [-0.4, -0.2) is 22.9 Å². The van der Waals surface area contributed by atoms with Crippen LogP contribution in [-0.2, 0) is 6.54 Å². The molecule has 0 spiro atoms. The lowest BCUT2D eigenvalue weighted by molar-refractivity contribution is -0.384. The molecule has 0 unspecified atom stereocenters. The van der Waals surface area contributed by atoms with Gasteiger partial charge in [-0.1, -0.05) is 0 Å². The number of non-ortho nitro benzene ring substituents is 1. The van der Waals surface area contributed by atoms with E-state index in [0.29, 0.717) is 12.2 Å². The number of nitro benzene ring substituents is 1. The van der Waals surface area contributed by atoms with E-state index in [0.717, 1.165) is 15.6 Å². The van der Waals surface area contributed by atoms with Gasteiger partial charge in [0.2, 0.25) is 0 Å². The second-order valence-corrected chi connectivity index (χ2v) is 6.06. The van der Waals surface area contributed by atoms with E-state index in [4.69, 9.17) is 0 Å². The van der Waals surface area contributed by atoms with E-state index in [9.17, 15) is 14.9 Å². The highest BCUT2D eigenvalue weighted by atomic mass is 32.1. The van der Waals surface area contributed by atoms with Gasteiger partial charge in [0.05, 0.1) is 27.7 Å². The average molecular weight is 320 g/mol. The molecule has 0 fully saturated rings. The number of benzene rings is 1. The van der Waals surface area contributed by atoms with Crippen molar-refractivity contribution in [2.45, 2.75) is 20.4 Å². The van der Waals surface area contributed by atoms with Gasteiger partial charge < -0.3 is 10.6 Å². The summed E-state index contributed by atoms with van der Waals surface area (Å²) in [7, 11) is 1.49. The quantitative estimate of drug-likeness (QED) is 0.652. The number of hydrogen-bond acceptors (Lipinski definition) is 6. The molecule has 2 N–H and O–H groups in total. The predicted molar refractivity (Wildman–Crippen MR) is 85.4 cm³/mol. The van der Waals surface area contributed by atoms with E-state index >= 15 is 0 Å². The third kappa shape index (κ3) is 3.40. The third-order valence-corrected chi connectivity index (χ3v) is 4.06. The summed E-state index contributed by atoms with van der Waals surface area (Å²) in [5.41, 5.74) is 1.56. The summed E-state index contributed by atoms with van der Waals surface area (Å²) in [6, 6.07) is 4.17. The van der Waals surface area contributed by atoms with E-state index < -0.39 is 4.92 Å². The van der Waals surface area contributed by atoms with Crippen LogP contribution in [0.5, 0.6) is 0 Å². The summed E-state index contributed by atoms with van der Waals surface area (Å²) in [5, 5.41) is 17.4. The van der Waals surface area contributed by atoms with Crippen LogP contribution in [0.4, 0.5) is 11.4 Å². The van der Waals surface area contributed by atoms with Crippen LogP contribution in [0.15, 0.2) is 18.2 Å². The molecule has 0 saturated heterocycles. The maximum absolute atomic E-state index is 11.9. The largest absolute Gasteiger partial charge is 0.379 e. The zero-order valence-corrected chi connectivity index (χ0v) is 13.3. The molecule has 0 aliphatic rings. The maximum Gasteiger partial charge on any atom is 0.270 e. The minimum Gasteiger partial charge on any atom is -0.379 e. The van der Waals surface area contributed by atoms with Crippen LogP contribution >= 0.6 is 11.3 Å². The van der Waals surface area contributed by atoms with Crippen molar-refractivity contribution < 1.29 is 9.72 Å². The SMILES string of the molecule is CNC(=O)c1cc([N+](=O)[O-])ccc1NCc1nc(C)sc1C. The van der Waals surface area contributed by atoms with Crippen LogP contribution in [0, 0.1) is 24.0 Å². The maximum atomic E-state index is 11.9. The monoisotopic (exact) mass is 320 g/mol. The van der Waals surface area contributed by atoms with Crippen molar-refractivity contribution in [3.8, 4) is 0 Å². The van der Waals surface area contributed by atoms with Crippen molar-refractivity contribution in [3.63, 3.8) is 0 Å². The Labute approximate surface area is 131 Å². The van der Waals surface area contributed by atoms with Gasteiger partial charge in [-0.15, -0.1) is 11.3 Å². The highest BCUT2D eigenvalue weighted by Crippen LogP contribution is 2.24. The number of nitro groups is 1. The van der Waals surface area contributed by atoms with Gasteiger partial charge in [0, 0.05) is 29.7 Å². The molecule has 1 amide bonds. The minimum absolute atomic E-state index is 0.121. The van der Waals surface area contributed by atoms with Crippen molar-refractivity contribution >= 4 is 28.6 Å². The van der Waals surface area contributed by atoms with E-state index in [1.807, 2.05) is 13.8 Å². The normalized spacial score (nSPS) is 10.3. The Kier molecular flexibility index (Phi) is 4.71. The van der Waals surface area contributed by atoms with E-state index in [2.05, 4.69) is 15.6 Å². The van der Waals surface area contributed by atoms with Crippen LogP contribution < -0.4 is 10.6 Å². The lowest BCUT2D eigenvalue weighted by atomic mass is 10.1. The summed E-state index contributed by atoms with van der Waals surface area (Å²) in [6.07, 6.45) is 0. The van der Waals surface area contributed by atoms with Gasteiger partial charge in [-0.2, -0.15) is 0 Å². The lowest BCUT2D eigenvalue weighted by Crippen LogP contribution is -2.20. The van der Waals surface area contributed by atoms with Gasteiger partial charge in [-0.05, 0) is 19.9 Å². The smallest absolute Gasteiger partial charge is 0.270 e. The number of thiazole rings is 1. The van der Waals surface area contributed by atoms with Crippen LogP contribution in [0.1, 0.15) is 25.9 Å². The van der Waals surface area contributed by atoms with Gasteiger partial charge in [0.1, 0.15) is 0 Å². The first-order valence-corrected chi connectivity index (χ1v) is 7.41. The van der Waals surface area contributed by atoms with Gasteiger partial charge >= 0.3 is 0 Å². The molecule has 1 heterocycles. The molecule has 2 rings (SSSR count). The third-order valence-electron chi connectivity index (χ3n) is 3.13. The molecule has 0 aliphatic carbocycles. The number of carbonyl (C=O) groups is 1. The summed E-state index contributed by atoms with van der Waals surface area (Å²) in [4.78, 5) is 27.7. The molecule has 8 heteroatoms. The number of nitrogens with one attached hydrogen (secondary N) is 2. The van der Waals surface area contributed by atoms with Gasteiger partial charge in [0.25, 0.3) is 11.6 Å². The number of aryl methyl sites for hydroxylation is 2. The first kappa shape index (κ1) is 15.9. The molecule has 116 valence electrons. The number of rotatable bonds is 5. The van der Waals surface area contributed by atoms with Gasteiger partial charge in [-0.3, -0.25) is 14.9 Å². The van der Waals surface area contributed by atoms with Crippen LogP contribution in [0.25, 0.3) is 0 Å². The molecule has 0 aliphatic heterocycles. The van der Waals surface area contributed by atoms with Crippen molar-refractivity contribution in [1.29, 1.82) is 0 Å². The molecule has 2 aromatic rings. The Morgan fingerprint density at radius 3 is 2.68 bits per heavy atom. The van der Waals surface area contributed by atoms with Crippen LogP contribution in [0.3, 0.4) is 0 Å². The number of carbonyl (C=O) groups excluding carboxylic acids is 1. The highest BCUT2D eigenvalue weighted by Gasteiger charge is 2.16. The molecule has 0 atom stereocenters. The van der Waals surface area contributed by atoms with Gasteiger partial charge in [0.15, 0.2) is 0 Å². The first-order chi connectivity index (χ1) is 10.4.